The van der Waals surface area contributed by atoms with Crippen LogP contribution in [0.5, 0.6) is 5.75 Å². The molecule has 1 fully saturated rings. The number of primary amides is 1. The Balaban J connectivity index is 1.61. The van der Waals surface area contributed by atoms with Gasteiger partial charge in [0.1, 0.15) is 23.9 Å². The second kappa shape index (κ2) is 8.38. The largest absolute Gasteiger partial charge is 0.491 e. The molecule has 1 aromatic carbocycles. The number of imidazole rings is 1. The first-order valence-corrected chi connectivity index (χ1v) is 10.9. The molecule has 2 aliphatic rings. The zero-order chi connectivity index (χ0) is 23.0. The highest BCUT2D eigenvalue weighted by atomic mass is 16.5. The molecule has 0 radical (unpaired) electrons. The van der Waals surface area contributed by atoms with Crippen molar-refractivity contribution in [3.63, 3.8) is 0 Å². The van der Waals surface area contributed by atoms with Gasteiger partial charge >= 0.3 is 0 Å². The number of carbonyl (C=O) groups is 1. The zero-order valence-electron chi connectivity index (χ0n) is 19.1. The molecule has 9 nitrogen and oxygen atoms in total. The lowest BCUT2D eigenvalue weighted by molar-refractivity contribution is -0.131. The van der Waals surface area contributed by atoms with Crippen molar-refractivity contribution in [2.45, 2.75) is 51.7 Å². The lowest BCUT2D eigenvalue weighted by atomic mass is 9.85. The average molecular weight is 438 g/mol. The molecule has 1 amide bonds. The van der Waals surface area contributed by atoms with Crippen LogP contribution >= 0.6 is 0 Å². The van der Waals surface area contributed by atoms with E-state index in [1.54, 1.807) is 0 Å². The van der Waals surface area contributed by atoms with Crippen LogP contribution in [0.15, 0.2) is 34.4 Å². The van der Waals surface area contributed by atoms with Gasteiger partial charge in [0, 0.05) is 31.2 Å². The standard InChI is InChI=1S/C23H31N7O2/c1-14(2)27-20(26-13-24)18-12-29-7-8-32-19-9-15(5-6-17(19)21(29)28-18)16-10-30(11-16)23(3,4)22(25)31/h5-6,9,12-14,16H,7-8,10-11H2,1-4H3,(H2,25,31)(H2,24,26,27). The van der Waals surface area contributed by atoms with Crippen LogP contribution in [-0.4, -0.2) is 63.8 Å². The van der Waals surface area contributed by atoms with E-state index < -0.39 is 5.54 Å². The van der Waals surface area contributed by atoms with Gasteiger partial charge in [-0.3, -0.25) is 14.7 Å². The molecule has 0 saturated carbocycles. The molecule has 9 heteroatoms. The number of hydrogen-bond acceptors (Lipinski definition) is 5. The topological polar surface area (TPSA) is 124 Å². The van der Waals surface area contributed by atoms with E-state index in [0.29, 0.717) is 30.6 Å². The highest BCUT2D eigenvalue weighted by Crippen LogP contribution is 2.38. The van der Waals surface area contributed by atoms with Gasteiger partial charge in [0.2, 0.25) is 5.91 Å². The summed E-state index contributed by atoms with van der Waals surface area (Å²) in [6.45, 7) is 10.5. The Labute approximate surface area is 188 Å². The predicted octanol–water partition coefficient (Wildman–Crippen LogP) is 1.75. The van der Waals surface area contributed by atoms with Crippen LogP contribution in [0.3, 0.4) is 0 Å². The fraction of sp³-hybridized carbons (Fsp3) is 0.478. The maximum absolute atomic E-state index is 11.7. The van der Waals surface area contributed by atoms with Crippen molar-refractivity contribution in [3.8, 4) is 17.1 Å². The molecule has 0 spiro atoms. The highest BCUT2D eigenvalue weighted by molar-refractivity contribution is 6.01. The van der Waals surface area contributed by atoms with Gasteiger partial charge in [0.15, 0.2) is 5.84 Å². The number of aromatic nitrogens is 2. The van der Waals surface area contributed by atoms with Crippen LogP contribution in [-0.2, 0) is 11.3 Å². The number of likely N-dealkylation sites (tertiary alicyclic amines) is 1. The van der Waals surface area contributed by atoms with Gasteiger partial charge in [-0.05, 0) is 45.4 Å². The number of nitrogens with zero attached hydrogens (tertiary/aromatic N) is 5. The van der Waals surface area contributed by atoms with E-state index in [9.17, 15) is 4.79 Å². The molecular weight excluding hydrogens is 406 g/mol. The number of rotatable bonds is 5. The minimum Gasteiger partial charge on any atom is -0.491 e. The zero-order valence-corrected chi connectivity index (χ0v) is 19.1. The Bertz CT molecular complexity index is 1080. The maximum atomic E-state index is 11.7. The summed E-state index contributed by atoms with van der Waals surface area (Å²) in [6, 6.07) is 6.35. The molecule has 1 saturated heterocycles. The van der Waals surface area contributed by atoms with Crippen molar-refractivity contribution in [2.24, 2.45) is 21.5 Å². The molecule has 4 N–H and O–H groups in total. The summed E-state index contributed by atoms with van der Waals surface area (Å²) in [4.78, 5) is 27.4. The first-order chi connectivity index (χ1) is 15.2. The van der Waals surface area contributed by atoms with Crippen LogP contribution in [0.2, 0.25) is 0 Å². The molecule has 2 aliphatic heterocycles. The Morgan fingerprint density at radius 1 is 1.34 bits per heavy atom. The third kappa shape index (κ3) is 4.00. The number of amidine groups is 1. The van der Waals surface area contributed by atoms with E-state index in [1.807, 2.05) is 33.9 Å². The van der Waals surface area contributed by atoms with E-state index in [1.165, 1.54) is 11.9 Å². The SMILES string of the molecule is CC(C)N=C(N=CN)c1cn2c(n1)-c1ccc(C3CN(C(C)(C)C(N)=O)C3)cc1OCC2. The number of hydrogen-bond donors (Lipinski definition) is 2. The van der Waals surface area contributed by atoms with Crippen LogP contribution in [0, 0.1) is 0 Å². The minimum atomic E-state index is -0.638. The second-order valence-electron chi connectivity index (χ2n) is 9.10. The van der Waals surface area contributed by atoms with Crippen molar-refractivity contribution in [2.75, 3.05) is 19.7 Å². The number of nitrogens with two attached hydrogens (primary N) is 2. The molecule has 170 valence electrons. The molecular formula is C23H31N7O2. The number of fused-ring (bicyclic) bond motifs is 3. The Hall–Kier alpha value is -3.20. The molecule has 32 heavy (non-hydrogen) atoms. The smallest absolute Gasteiger partial charge is 0.237 e. The molecule has 4 rings (SSSR count). The van der Waals surface area contributed by atoms with Gasteiger partial charge in [-0.15, -0.1) is 0 Å². The first-order valence-electron chi connectivity index (χ1n) is 10.9. The van der Waals surface area contributed by atoms with Gasteiger partial charge in [-0.25, -0.2) is 9.98 Å². The summed E-state index contributed by atoms with van der Waals surface area (Å²) in [5, 5.41) is 0. The molecule has 2 aromatic rings. The monoisotopic (exact) mass is 437 g/mol. The highest BCUT2D eigenvalue weighted by Gasteiger charge is 2.41. The molecule has 0 bridgehead atoms. The fourth-order valence-corrected chi connectivity index (χ4v) is 4.04. The van der Waals surface area contributed by atoms with Crippen molar-refractivity contribution in [1.29, 1.82) is 0 Å². The van der Waals surface area contributed by atoms with Crippen molar-refractivity contribution in [1.82, 2.24) is 14.5 Å². The van der Waals surface area contributed by atoms with Crippen molar-refractivity contribution >= 4 is 18.1 Å². The van der Waals surface area contributed by atoms with Gasteiger partial charge in [0.05, 0.1) is 24.0 Å². The number of ether oxygens (including phenoxy) is 1. The Morgan fingerprint density at radius 2 is 2.09 bits per heavy atom. The van der Waals surface area contributed by atoms with Crippen molar-refractivity contribution in [3.05, 3.63) is 35.7 Å². The predicted molar refractivity (Wildman–Crippen MR) is 125 cm³/mol. The van der Waals surface area contributed by atoms with Gasteiger partial charge in [-0.1, -0.05) is 6.07 Å². The molecule has 0 unspecified atom stereocenters. The number of aliphatic imine (C=N–C) groups is 2. The third-order valence-corrected chi connectivity index (χ3v) is 6.17. The maximum Gasteiger partial charge on any atom is 0.237 e. The molecule has 0 aliphatic carbocycles. The van der Waals surface area contributed by atoms with E-state index >= 15 is 0 Å². The average Bonchev–Trinajstić information content (AvgIpc) is 3.02. The molecule has 0 atom stereocenters. The number of amides is 1. The normalized spacial score (nSPS) is 17.6. The fourth-order valence-electron chi connectivity index (χ4n) is 4.04. The van der Waals surface area contributed by atoms with Gasteiger partial charge in [0.25, 0.3) is 0 Å². The van der Waals surface area contributed by atoms with Gasteiger partial charge in [-0.2, -0.15) is 0 Å². The summed E-state index contributed by atoms with van der Waals surface area (Å²) in [7, 11) is 0. The van der Waals surface area contributed by atoms with E-state index in [2.05, 4.69) is 37.7 Å². The summed E-state index contributed by atoms with van der Waals surface area (Å²) < 4.78 is 8.14. The van der Waals surface area contributed by atoms with E-state index in [-0.39, 0.29) is 11.9 Å². The Morgan fingerprint density at radius 3 is 2.75 bits per heavy atom. The summed E-state index contributed by atoms with van der Waals surface area (Å²) in [5.41, 5.74) is 13.3. The third-order valence-electron chi connectivity index (χ3n) is 6.17. The summed E-state index contributed by atoms with van der Waals surface area (Å²) >= 11 is 0. The van der Waals surface area contributed by atoms with Crippen LogP contribution in [0.4, 0.5) is 0 Å². The molecule has 1 aromatic heterocycles. The lowest BCUT2D eigenvalue weighted by Gasteiger charge is -2.47. The quantitative estimate of drug-likeness (QED) is 0.545. The van der Waals surface area contributed by atoms with Crippen LogP contribution < -0.4 is 16.2 Å². The lowest BCUT2D eigenvalue weighted by Crippen LogP contribution is -2.61. The first kappa shape index (κ1) is 22.0. The summed E-state index contributed by atoms with van der Waals surface area (Å²) in [5.74, 6) is 2.20. The van der Waals surface area contributed by atoms with E-state index in [4.69, 9.17) is 21.2 Å². The Kier molecular flexibility index (Phi) is 5.77. The van der Waals surface area contributed by atoms with Crippen LogP contribution in [0.1, 0.15) is 44.9 Å². The summed E-state index contributed by atoms with van der Waals surface area (Å²) in [6.07, 6.45) is 3.20. The van der Waals surface area contributed by atoms with E-state index in [0.717, 1.165) is 30.2 Å². The number of carbonyl (C=O) groups excluding carboxylic acids is 1. The second-order valence-corrected chi connectivity index (χ2v) is 9.10. The van der Waals surface area contributed by atoms with Crippen molar-refractivity contribution < 1.29 is 9.53 Å². The van der Waals surface area contributed by atoms with Gasteiger partial charge < -0.3 is 20.8 Å². The molecule has 3 heterocycles. The van der Waals surface area contributed by atoms with Crippen LogP contribution in [0.25, 0.3) is 11.4 Å². The minimum absolute atomic E-state index is 0.0787. The number of benzene rings is 1.